The van der Waals surface area contributed by atoms with Gasteiger partial charge in [0.15, 0.2) is 0 Å². The highest BCUT2D eigenvalue weighted by atomic mass is 16.3. The second-order valence-corrected chi connectivity index (χ2v) is 3.18. The molecule has 0 aliphatic heterocycles. The Kier molecular flexibility index (Phi) is 2.70. The number of rotatable bonds is 4. The summed E-state index contributed by atoms with van der Waals surface area (Å²) in [7, 11) is 1.94. The molecule has 1 aromatic heterocycles. The van der Waals surface area contributed by atoms with Crippen LogP contribution < -0.4 is 10.6 Å². The van der Waals surface area contributed by atoms with Crippen LogP contribution in [0.5, 0.6) is 0 Å². The van der Waals surface area contributed by atoms with E-state index < -0.39 is 0 Å². The van der Waals surface area contributed by atoms with Gasteiger partial charge in [0.05, 0.1) is 5.69 Å². The first-order valence-electron chi connectivity index (χ1n) is 4.76. The molecule has 0 atom stereocenters. The van der Waals surface area contributed by atoms with E-state index in [2.05, 4.69) is 16.7 Å². The van der Waals surface area contributed by atoms with E-state index in [1.807, 2.05) is 25.2 Å². The molecule has 1 aromatic carbocycles. The number of hydrogen-bond acceptors (Lipinski definition) is 3. The van der Waals surface area contributed by atoms with Crippen molar-refractivity contribution in [3.8, 4) is 0 Å². The maximum Gasteiger partial charge on any atom is 0.136 e. The molecule has 0 spiro atoms. The number of anilines is 1. The van der Waals surface area contributed by atoms with Crippen LogP contribution in [0.4, 0.5) is 5.69 Å². The molecule has 14 heavy (non-hydrogen) atoms. The molecule has 0 aliphatic carbocycles. The van der Waals surface area contributed by atoms with Gasteiger partial charge >= 0.3 is 0 Å². The Labute approximate surface area is 83.1 Å². The Morgan fingerprint density at radius 3 is 2.93 bits per heavy atom. The van der Waals surface area contributed by atoms with Crippen molar-refractivity contribution in [1.82, 2.24) is 5.32 Å². The van der Waals surface area contributed by atoms with Crippen molar-refractivity contribution in [2.24, 2.45) is 0 Å². The monoisotopic (exact) mass is 190 g/mol. The molecule has 3 heteroatoms. The number of para-hydroxylation sites is 1. The Balaban J connectivity index is 2.17. The summed E-state index contributed by atoms with van der Waals surface area (Å²) in [6.45, 7) is 1.85. The average molecular weight is 190 g/mol. The van der Waals surface area contributed by atoms with Crippen molar-refractivity contribution >= 4 is 16.7 Å². The van der Waals surface area contributed by atoms with E-state index in [1.165, 1.54) is 0 Å². The molecule has 0 radical (unpaired) electrons. The zero-order valence-corrected chi connectivity index (χ0v) is 8.21. The SMILES string of the molecule is CNCCNc1coc2ccccc12. The average Bonchev–Trinajstić information content (AvgIpc) is 2.63. The molecule has 0 aliphatic rings. The lowest BCUT2D eigenvalue weighted by atomic mass is 10.2. The summed E-state index contributed by atoms with van der Waals surface area (Å²) in [6, 6.07) is 8.02. The lowest BCUT2D eigenvalue weighted by Gasteiger charge is -2.02. The summed E-state index contributed by atoms with van der Waals surface area (Å²) >= 11 is 0. The molecule has 2 aromatic rings. The van der Waals surface area contributed by atoms with Crippen LogP contribution in [0.2, 0.25) is 0 Å². The van der Waals surface area contributed by atoms with Crippen molar-refractivity contribution in [2.45, 2.75) is 0 Å². The van der Waals surface area contributed by atoms with Gasteiger partial charge in [0.25, 0.3) is 0 Å². The molecule has 74 valence electrons. The van der Waals surface area contributed by atoms with Gasteiger partial charge in [0, 0.05) is 18.5 Å². The fraction of sp³-hybridized carbons (Fsp3) is 0.273. The Morgan fingerprint density at radius 1 is 1.21 bits per heavy atom. The van der Waals surface area contributed by atoms with Gasteiger partial charge in [-0.1, -0.05) is 12.1 Å². The number of likely N-dealkylation sites (N-methyl/N-ethyl adjacent to an activating group) is 1. The molecule has 0 bridgehead atoms. The largest absolute Gasteiger partial charge is 0.462 e. The normalized spacial score (nSPS) is 10.6. The third kappa shape index (κ3) is 1.72. The highest BCUT2D eigenvalue weighted by Gasteiger charge is 2.02. The Hall–Kier alpha value is -1.48. The molecule has 3 nitrogen and oxygen atoms in total. The number of nitrogens with one attached hydrogen (secondary N) is 2. The van der Waals surface area contributed by atoms with E-state index >= 15 is 0 Å². The zero-order chi connectivity index (χ0) is 9.80. The molecule has 0 unspecified atom stereocenters. The first-order valence-corrected chi connectivity index (χ1v) is 4.76. The van der Waals surface area contributed by atoms with E-state index in [4.69, 9.17) is 4.42 Å². The number of fused-ring (bicyclic) bond motifs is 1. The molecule has 0 fully saturated rings. The third-order valence-corrected chi connectivity index (χ3v) is 2.17. The summed E-state index contributed by atoms with van der Waals surface area (Å²) in [6.07, 6.45) is 1.76. The molecular weight excluding hydrogens is 176 g/mol. The second kappa shape index (κ2) is 4.15. The molecule has 2 rings (SSSR count). The van der Waals surface area contributed by atoms with E-state index in [9.17, 15) is 0 Å². The fourth-order valence-corrected chi connectivity index (χ4v) is 1.44. The molecule has 0 saturated heterocycles. The summed E-state index contributed by atoms with van der Waals surface area (Å²) in [5, 5.41) is 7.54. The number of benzene rings is 1. The summed E-state index contributed by atoms with van der Waals surface area (Å²) in [4.78, 5) is 0. The van der Waals surface area contributed by atoms with Crippen LogP contribution in [0.15, 0.2) is 34.9 Å². The zero-order valence-electron chi connectivity index (χ0n) is 8.21. The van der Waals surface area contributed by atoms with Gasteiger partial charge < -0.3 is 15.1 Å². The quantitative estimate of drug-likeness (QED) is 0.725. The minimum absolute atomic E-state index is 0.903. The number of hydrogen-bond donors (Lipinski definition) is 2. The van der Waals surface area contributed by atoms with Crippen LogP contribution >= 0.6 is 0 Å². The predicted molar refractivity (Wildman–Crippen MR) is 58.6 cm³/mol. The first-order chi connectivity index (χ1) is 6.92. The minimum atomic E-state index is 0.903. The third-order valence-electron chi connectivity index (χ3n) is 2.17. The van der Waals surface area contributed by atoms with Crippen molar-refractivity contribution in [3.05, 3.63) is 30.5 Å². The highest BCUT2D eigenvalue weighted by molar-refractivity contribution is 5.90. The van der Waals surface area contributed by atoms with Gasteiger partial charge in [-0.3, -0.25) is 0 Å². The maximum atomic E-state index is 5.40. The standard InChI is InChI=1S/C11H14N2O/c1-12-6-7-13-10-8-14-11-5-3-2-4-9(10)11/h2-5,8,12-13H,6-7H2,1H3. The van der Waals surface area contributed by atoms with Gasteiger partial charge in [0.2, 0.25) is 0 Å². The van der Waals surface area contributed by atoms with E-state index in [1.54, 1.807) is 6.26 Å². The molecular formula is C11H14N2O. The van der Waals surface area contributed by atoms with Gasteiger partial charge in [-0.25, -0.2) is 0 Å². The number of furan rings is 1. The van der Waals surface area contributed by atoms with Crippen LogP contribution in [-0.4, -0.2) is 20.1 Å². The summed E-state index contributed by atoms with van der Waals surface area (Å²) in [5.74, 6) is 0. The van der Waals surface area contributed by atoms with Gasteiger partial charge in [-0.2, -0.15) is 0 Å². The Morgan fingerprint density at radius 2 is 2.07 bits per heavy atom. The molecule has 0 amide bonds. The van der Waals surface area contributed by atoms with Crippen LogP contribution in [0.25, 0.3) is 11.0 Å². The summed E-state index contributed by atoms with van der Waals surface area (Å²) in [5.41, 5.74) is 2.00. The van der Waals surface area contributed by atoms with Crippen molar-refractivity contribution < 1.29 is 4.42 Å². The van der Waals surface area contributed by atoms with Crippen molar-refractivity contribution in [2.75, 3.05) is 25.5 Å². The van der Waals surface area contributed by atoms with E-state index in [0.717, 1.165) is 29.7 Å². The van der Waals surface area contributed by atoms with Gasteiger partial charge in [0.1, 0.15) is 11.8 Å². The minimum Gasteiger partial charge on any atom is -0.462 e. The fourth-order valence-electron chi connectivity index (χ4n) is 1.44. The van der Waals surface area contributed by atoms with Gasteiger partial charge in [-0.15, -0.1) is 0 Å². The van der Waals surface area contributed by atoms with Crippen molar-refractivity contribution in [3.63, 3.8) is 0 Å². The Bertz CT molecular complexity index is 408. The van der Waals surface area contributed by atoms with Crippen LogP contribution in [0, 0.1) is 0 Å². The predicted octanol–water partition coefficient (Wildman–Crippen LogP) is 2.06. The van der Waals surface area contributed by atoms with E-state index in [-0.39, 0.29) is 0 Å². The van der Waals surface area contributed by atoms with Gasteiger partial charge in [-0.05, 0) is 19.2 Å². The topological polar surface area (TPSA) is 37.2 Å². The molecule has 1 heterocycles. The molecule has 0 saturated carbocycles. The smallest absolute Gasteiger partial charge is 0.136 e. The van der Waals surface area contributed by atoms with Crippen molar-refractivity contribution in [1.29, 1.82) is 0 Å². The lowest BCUT2D eigenvalue weighted by Crippen LogP contribution is -2.17. The lowest BCUT2D eigenvalue weighted by molar-refractivity contribution is 0.616. The summed E-state index contributed by atoms with van der Waals surface area (Å²) < 4.78 is 5.40. The first kappa shape index (κ1) is 9.09. The highest BCUT2D eigenvalue weighted by Crippen LogP contribution is 2.24. The maximum absolute atomic E-state index is 5.40. The van der Waals surface area contributed by atoms with Crippen LogP contribution in [0.1, 0.15) is 0 Å². The van der Waals surface area contributed by atoms with Crippen LogP contribution in [0.3, 0.4) is 0 Å². The molecule has 2 N–H and O–H groups in total. The van der Waals surface area contributed by atoms with Crippen LogP contribution in [-0.2, 0) is 0 Å². The second-order valence-electron chi connectivity index (χ2n) is 3.18. The van der Waals surface area contributed by atoms with E-state index in [0.29, 0.717) is 0 Å².